The van der Waals surface area contributed by atoms with Gasteiger partial charge in [-0.05, 0) is 37.0 Å². The molecule has 114 valence electrons. The predicted molar refractivity (Wildman–Crippen MR) is 82.6 cm³/mol. The Hall–Kier alpha value is -0.753. The summed E-state index contributed by atoms with van der Waals surface area (Å²) in [7, 11) is 2.68. The van der Waals surface area contributed by atoms with E-state index in [1.807, 2.05) is 12.4 Å². The first-order chi connectivity index (χ1) is 9.76. The van der Waals surface area contributed by atoms with Crippen LogP contribution in [-0.4, -0.2) is 35.1 Å². The van der Waals surface area contributed by atoms with Crippen molar-refractivity contribution in [2.45, 2.75) is 44.6 Å². The van der Waals surface area contributed by atoms with Crippen molar-refractivity contribution in [1.82, 2.24) is 4.98 Å². The minimum Gasteiger partial charge on any atom is -0.377 e. The van der Waals surface area contributed by atoms with Crippen molar-refractivity contribution in [2.24, 2.45) is 0 Å². The highest BCUT2D eigenvalue weighted by Gasteiger charge is 2.36. The molecule has 1 aromatic heterocycles. The molecule has 0 unspecified atom stereocenters. The predicted octanol–water partition coefficient (Wildman–Crippen LogP) is 3.45. The molecule has 0 aliphatic rings. The van der Waals surface area contributed by atoms with Gasteiger partial charge in [-0.25, -0.2) is 0 Å². The van der Waals surface area contributed by atoms with Gasteiger partial charge >= 0.3 is 8.80 Å². The first-order valence-corrected chi connectivity index (χ1v) is 9.24. The Morgan fingerprint density at radius 1 is 0.850 bits per heavy atom. The van der Waals surface area contributed by atoms with Gasteiger partial charge in [-0.15, -0.1) is 0 Å². The Balaban J connectivity index is 2.05. The minimum atomic E-state index is -2.35. The zero-order valence-electron chi connectivity index (χ0n) is 12.9. The van der Waals surface area contributed by atoms with E-state index >= 15 is 0 Å². The number of nitrogens with zero attached hydrogens (tertiary/aromatic N) is 1. The average molecular weight is 297 g/mol. The van der Waals surface area contributed by atoms with Gasteiger partial charge in [-0.3, -0.25) is 4.98 Å². The number of aromatic nitrogens is 1. The second kappa shape index (κ2) is 10.0. The topological polar surface area (TPSA) is 40.6 Å². The molecule has 0 N–H and O–H groups in total. The van der Waals surface area contributed by atoms with Crippen molar-refractivity contribution in [3.05, 3.63) is 30.1 Å². The van der Waals surface area contributed by atoms with Crippen LogP contribution >= 0.6 is 0 Å². The quantitative estimate of drug-likeness (QED) is 0.463. The highest BCUT2D eigenvalue weighted by Crippen LogP contribution is 2.18. The number of hydrogen-bond acceptors (Lipinski definition) is 4. The molecule has 0 saturated heterocycles. The van der Waals surface area contributed by atoms with Crippen molar-refractivity contribution in [3.8, 4) is 0 Å². The van der Waals surface area contributed by atoms with Crippen LogP contribution in [0.15, 0.2) is 24.5 Å². The maximum atomic E-state index is 5.41. The van der Waals surface area contributed by atoms with Gasteiger partial charge < -0.3 is 13.3 Å². The van der Waals surface area contributed by atoms with Gasteiger partial charge in [0.15, 0.2) is 0 Å². The van der Waals surface area contributed by atoms with Gasteiger partial charge in [0.05, 0.1) is 0 Å². The van der Waals surface area contributed by atoms with Crippen LogP contribution in [0.3, 0.4) is 0 Å². The first-order valence-electron chi connectivity index (χ1n) is 7.30. The summed E-state index contributed by atoms with van der Waals surface area (Å²) >= 11 is 0. The van der Waals surface area contributed by atoms with E-state index in [-0.39, 0.29) is 0 Å². The van der Waals surface area contributed by atoms with Crippen LogP contribution in [0.4, 0.5) is 0 Å². The fraction of sp³-hybridized carbons (Fsp3) is 0.667. The second-order valence-electron chi connectivity index (χ2n) is 4.92. The van der Waals surface area contributed by atoms with E-state index < -0.39 is 8.80 Å². The molecule has 0 bridgehead atoms. The van der Waals surface area contributed by atoms with Gasteiger partial charge in [0.1, 0.15) is 0 Å². The Kier molecular flexibility index (Phi) is 8.69. The van der Waals surface area contributed by atoms with Crippen LogP contribution in [-0.2, 0) is 19.7 Å². The average Bonchev–Trinajstić information content (AvgIpc) is 2.52. The zero-order chi connectivity index (χ0) is 14.7. The van der Waals surface area contributed by atoms with E-state index in [9.17, 15) is 0 Å². The molecule has 0 atom stereocenters. The highest BCUT2D eigenvalue weighted by atomic mass is 28.4. The molecule has 0 spiro atoms. The summed E-state index contributed by atoms with van der Waals surface area (Å²) in [5.41, 5.74) is 1.38. The zero-order valence-corrected chi connectivity index (χ0v) is 13.9. The lowest BCUT2D eigenvalue weighted by Gasteiger charge is -2.24. The highest BCUT2D eigenvalue weighted by molar-refractivity contribution is 6.60. The van der Waals surface area contributed by atoms with E-state index in [1.54, 1.807) is 21.3 Å². The molecule has 1 rings (SSSR count). The maximum absolute atomic E-state index is 5.41. The van der Waals surface area contributed by atoms with Crippen LogP contribution in [0, 0.1) is 0 Å². The Labute approximate surface area is 123 Å². The molecule has 0 radical (unpaired) electrons. The largest absolute Gasteiger partial charge is 0.500 e. The van der Waals surface area contributed by atoms with Crippen molar-refractivity contribution in [2.75, 3.05) is 21.3 Å². The lowest BCUT2D eigenvalue weighted by molar-refractivity contribution is 0.122. The summed E-state index contributed by atoms with van der Waals surface area (Å²) in [6.45, 7) is 0. The lowest BCUT2D eigenvalue weighted by Crippen LogP contribution is -2.42. The van der Waals surface area contributed by atoms with Gasteiger partial charge in [-0.2, -0.15) is 0 Å². The minimum absolute atomic E-state index is 0.904. The Morgan fingerprint density at radius 2 is 1.40 bits per heavy atom. The van der Waals surface area contributed by atoms with Gasteiger partial charge in [0.25, 0.3) is 0 Å². The summed E-state index contributed by atoms with van der Waals surface area (Å²) < 4.78 is 16.2. The maximum Gasteiger partial charge on any atom is 0.500 e. The summed E-state index contributed by atoms with van der Waals surface area (Å²) in [4.78, 5) is 4.03. The fourth-order valence-corrected chi connectivity index (χ4v) is 4.10. The van der Waals surface area contributed by atoms with Crippen LogP contribution in [0.2, 0.25) is 6.04 Å². The smallest absolute Gasteiger partial charge is 0.377 e. The number of pyridine rings is 1. The van der Waals surface area contributed by atoms with Crippen LogP contribution in [0.1, 0.15) is 37.7 Å². The molecule has 0 aliphatic carbocycles. The van der Waals surface area contributed by atoms with E-state index in [0.29, 0.717) is 0 Å². The molecule has 0 amide bonds. The molecule has 0 saturated carbocycles. The van der Waals surface area contributed by atoms with E-state index in [0.717, 1.165) is 18.9 Å². The second-order valence-corrected chi connectivity index (χ2v) is 8.01. The summed E-state index contributed by atoms with van der Waals surface area (Å²) in [5, 5.41) is 0. The molecular weight excluding hydrogens is 270 g/mol. The molecule has 1 heterocycles. The standard InChI is InChI=1S/C15H27NO3Si/c1-17-20(18-2,19-3)14-8-6-4-5-7-9-15-10-12-16-13-11-15/h10-13H,4-9,14H2,1-3H3. The van der Waals surface area contributed by atoms with Crippen molar-refractivity contribution >= 4 is 8.80 Å². The third-order valence-corrected chi connectivity index (χ3v) is 6.46. The van der Waals surface area contributed by atoms with Crippen molar-refractivity contribution < 1.29 is 13.3 Å². The van der Waals surface area contributed by atoms with Gasteiger partial charge in [0.2, 0.25) is 0 Å². The normalized spacial score (nSPS) is 11.8. The number of aryl methyl sites for hydroxylation is 1. The molecule has 4 nitrogen and oxygen atoms in total. The van der Waals surface area contributed by atoms with E-state index in [1.165, 1.54) is 31.2 Å². The molecule has 20 heavy (non-hydrogen) atoms. The lowest BCUT2D eigenvalue weighted by atomic mass is 10.1. The van der Waals surface area contributed by atoms with Crippen LogP contribution < -0.4 is 0 Å². The number of hydrogen-bond donors (Lipinski definition) is 0. The Morgan fingerprint density at radius 3 is 2.00 bits per heavy atom. The monoisotopic (exact) mass is 297 g/mol. The molecule has 0 fully saturated rings. The summed E-state index contributed by atoms with van der Waals surface area (Å²) in [6, 6.07) is 5.09. The molecule has 0 aromatic carbocycles. The van der Waals surface area contributed by atoms with Crippen LogP contribution in [0.25, 0.3) is 0 Å². The SMILES string of the molecule is CO[Si](CCCCCCCc1ccncc1)(OC)OC. The number of rotatable bonds is 11. The van der Waals surface area contributed by atoms with Crippen molar-refractivity contribution in [3.63, 3.8) is 0 Å². The van der Waals surface area contributed by atoms with Gasteiger partial charge in [-0.1, -0.05) is 19.3 Å². The van der Waals surface area contributed by atoms with E-state index in [4.69, 9.17) is 13.3 Å². The third kappa shape index (κ3) is 6.13. The first kappa shape index (κ1) is 17.3. The fourth-order valence-electron chi connectivity index (χ4n) is 2.31. The summed E-state index contributed by atoms with van der Waals surface area (Å²) in [5.74, 6) is 0. The number of unbranched alkanes of at least 4 members (excludes halogenated alkanes) is 4. The van der Waals surface area contributed by atoms with Gasteiger partial charge in [0, 0.05) is 39.8 Å². The molecule has 0 aliphatic heterocycles. The van der Waals surface area contributed by atoms with Crippen LogP contribution in [0.5, 0.6) is 0 Å². The Bertz CT molecular complexity index is 336. The van der Waals surface area contributed by atoms with E-state index in [2.05, 4.69) is 17.1 Å². The summed E-state index contributed by atoms with van der Waals surface area (Å²) in [6.07, 6.45) is 11.0. The third-order valence-electron chi connectivity index (χ3n) is 3.63. The molecular formula is C15H27NO3Si. The van der Waals surface area contributed by atoms with Crippen molar-refractivity contribution in [1.29, 1.82) is 0 Å². The molecule has 1 aromatic rings. The molecule has 5 heteroatoms.